The van der Waals surface area contributed by atoms with E-state index >= 15 is 0 Å². The van der Waals surface area contributed by atoms with Gasteiger partial charge in [-0.2, -0.15) is 0 Å². The number of ether oxygens (including phenoxy) is 17. The molecule has 0 saturated carbocycles. The van der Waals surface area contributed by atoms with Crippen molar-refractivity contribution in [2.75, 3.05) is 76.7 Å². The molecule has 0 amide bonds. The summed E-state index contributed by atoms with van der Waals surface area (Å²) in [5.41, 5.74) is 0. The fraction of sp³-hybridized carbons (Fsp3) is 0.961. The fourth-order valence-corrected chi connectivity index (χ4v) is 13.7. The van der Waals surface area contributed by atoms with Gasteiger partial charge in [-0.15, -0.1) is 0 Å². The summed E-state index contributed by atoms with van der Waals surface area (Å²) in [5.74, 6) is -4.68. The Kier molecular flexibility index (Phi) is 39.0. The van der Waals surface area contributed by atoms with Crippen LogP contribution >= 0.6 is 0 Å². The summed E-state index contributed by atoms with van der Waals surface area (Å²) >= 11 is 0. The van der Waals surface area contributed by atoms with E-state index in [1.54, 1.807) is 0 Å². The van der Waals surface area contributed by atoms with Crippen LogP contribution < -0.4 is 10.2 Å². The Balaban J connectivity index is 0.00000206. The number of methoxy groups -OCH3 is 8. The van der Waals surface area contributed by atoms with Crippen molar-refractivity contribution in [3.8, 4) is 0 Å². The molecule has 0 radical (unpaired) electrons. The first-order chi connectivity index (χ1) is 47.4. The van der Waals surface area contributed by atoms with Crippen molar-refractivity contribution in [2.45, 2.75) is 239 Å². The molecule has 0 bridgehead atoms. The third kappa shape index (κ3) is 29.1. The third-order valence-electron chi connectivity index (χ3n) is 15.6. The Labute approximate surface area is 591 Å². The first kappa shape index (κ1) is 93.7. The molecule has 0 aromatic heterocycles. The fourth-order valence-electron chi connectivity index (χ4n) is 11.2. The zero-order valence-corrected chi connectivity index (χ0v) is 61.9. The van der Waals surface area contributed by atoms with Gasteiger partial charge in [0.2, 0.25) is 62.4 Å². The Hall–Kier alpha value is -2.52. The van der Waals surface area contributed by atoms with Crippen LogP contribution in [0.1, 0.15) is 86.0 Å². The lowest BCUT2D eigenvalue weighted by molar-refractivity contribution is -0.400. The highest BCUT2D eigenvalue weighted by atomic mass is 32.3. The number of carboxylic acids is 2. The van der Waals surface area contributed by atoms with Crippen molar-refractivity contribution < 1.29 is 203 Å². The summed E-state index contributed by atoms with van der Waals surface area (Å²) in [4.78, 5) is 26.2. The molecule has 51 heteroatoms. The molecule has 604 valence electrons. The van der Waals surface area contributed by atoms with E-state index in [0.717, 1.165) is 63.8 Å². The number of hydrogen-bond donors (Lipinski definition) is 0. The second kappa shape index (κ2) is 42.4. The smallest absolute Gasteiger partial charge is 0.218 e. The minimum Gasteiger partial charge on any atom is -0.726 e. The Morgan fingerprint density at radius 3 is 0.843 bits per heavy atom. The Bertz CT molecular complexity index is 3210. The van der Waals surface area contributed by atoms with Crippen molar-refractivity contribution in [2.24, 2.45) is 0 Å². The van der Waals surface area contributed by atoms with Gasteiger partial charge in [-0.1, -0.05) is 79.1 Å². The molecule has 0 unspecified atom stereocenters. The number of carbonyl (C=O) groups is 2. The molecule has 0 N–H and O–H groups in total. The second-order valence-electron chi connectivity index (χ2n) is 22.4. The van der Waals surface area contributed by atoms with Crippen molar-refractivity contribution in [3.05, 3.63) is 0 Å². The summed E-state index contributed by atoms with van der Waals surface area (Å²) in [6.45, 7) is 5.79. The van der Waals surface area contributed by atoms with E-state index in [9.17, 15) is 97.6 Å². The maximum Gasteiger partial charge on any atom is 0.218 e. The molecule has 5 rings (SSSR count). The topological polar surface area (TPSA) is 636 Å². The van der Waals surface area contributed by atoms with Crippen LogP contribution in [0.25, 0.3) is 0 Å². The summed E-state index contributed by atoms with van der Waals surface area (Å²) in [6, 6.07) is 0. The van der Waals surface area contributed by atoms with Gasteiger partial charge >= 0.3 is 0 Å². The van der Waals surface area contributed by atoms with Gasteiger partial charge in [0.25, 0.3) is 0 Å². The zero-order valence-electron chi connectivity index (χ0n) is 57.0. The number of aliphatic carboxylic acids is 2. The second-order valence-corrected chi connectivity index (χ2v) is 28.5. The van der Waals surface area contributed by atoms with E-state index < -0.39 is 247 Å². The molecule has 0 aliphatic carbocycles. The van der Waals surface area contributed by atoms with Crippen LogP contribution in [0.4, 0.5) is 0 Å². The van der Waals surface area contributed by atoms with Crippen LogP contribution in [0.5, 0.6) is 0 Å². The van der Waals surface area contributed by atoms with Crippen molar-refractivity contribution in [3.63, 3.8) is 0 Å². The lowest BCUT2D eigenvalue weighted by atomic mass is 9.94. The van der Waals surface area contributed by atoms with Crippen LogP contribution in [-0.4, -0.2) is 320 Å². The molecular weight excluding hydrogens is 1520 g/mol. The zero-order chi connectivity index (χ0) is 77.6. The lowest BCUT2D eigenvalue weighted by Gasteiger charge is -2.52. The van der Waals surface area contributed by atoms with Crippen molar-refractivity contribution in [1.29, 1.82) is 0 Å². The highest BCUT2D eigenvalue weighted by Gasteiger charge is 2.60. The number of rotatable bonds is 39. The molecule has 5 saturated heterocycles. The van der Waals surface area contributed by atoms with Crippen molar-refractivity contribution in [1.82, 2.24) is 0 Å². The molecule has 25 atom stereocenters. The normalized spacial score (nSPS) is 35.1. The quantitative estimate of drug-likeness (QED) is 0.0314. The Morgan fingerprint density at radius 1 is 0.304 bits per heavy atom. The number of unbranched alkanes of at least 4 members (excludes halogenated alkanes) is 6. The highest BCUT2D eigenvalue weighted by molar-refractivity contribution is 7.82. The molecule has 102 heavy (non-hydrogen) atoms. The standard InChI is InChI=1S/C39H66O45S6.2C6H14/c1-13-17(82-88(53,54)55)21(63-3)19(15(73-13)11-71-86(47,48)49)76-37-31(68-8)24(66-6)26(29(80-37)35(42)43)79-39-33(84-90(59,60)61)27(83-89(56,57)58)20(16(75-39)12-72-87(50,51)52)77-38-32(69-9)23(65-5)25(28(81-38)34(40)41)78-36-30(67-7)22(64-4)18(62-2)14(74-36)10-70-85(44,45)46;2*1-3-5-6-4-2/h13-33,36-39H,10-12H2,1-9H3,(H,40,41)(H,42,43)(H,44,45,46)(H,47,48,49)(H,50,51,52)(H,53,54,55)(H,56,57,58)(H,59,60,61);2*3-6H2,1-2H3/p-8/t13-,14-,15-,16-,17+,18-,19-,20-,21-,22+,23+,24+,25+,26+,27+,28+,29-,30-,31-,32-,33-,36-,37-,38-,39-;;/m1../s1. The minimum absolute atomic E-state index is 0.763. The summed E-state index contributed by atoms with van der Waals surface area (Å²) < 4.78 is 338. The molecule has 5 aliphatic heterocycles. The van der Waals surface area contributed by atoms with Gasteiger partial charge in [-0.05, 0) is 6.92 Å². The number of carbonyl (C=O) groups excluding carboxylic acids is 2. The van der Waals surface area contributed by atoms with Gasteiger partial charge in [0.05, 0.1) is 37.9 Å². The predicted molar refractivity (Wildman–Crippen MR) is 315 cm³/mol. The average Bonchev–Trinajstić information content (AvgIpc) is 0.760. The maximum atomic E-state index is 13.1. The van der Waals surface area contributed by atoms with Gasteiger partial charge in [-0.25, -0.2) is 50.5 Å². The monoisotopic (exact) mass is 1610 g/mol. The molecule has 0 aromatic carbocycles. The van der Waals surface area contributed by atoms with Gasteiger partial charge in [0.15, 0.2) is 31.3 Å². The van der Waals surface area contributed by atoms with Crippen molar-refractivity contribution >= 4 is 74.3 Å². The summed E-state index contributed by atoms with van der Waals surface area (Å²) in [5, 5.41) is 26.2. The average molecular weight is 1610 g/mol. The molecule has 5 aliphatic rings. The van der Waals surface area contributed by atoms with E-state index in [2.05, 4.69) is 52.8 Å². The predicted octanol–water partition coefficient (Wildman–Crippen LogP) is -6.03. The summed E-state index contributed by atoms with van der Waals surface area (Å²) in [6.07, 6.45) is -44.6. The first-order valence-electron chi connectivity index (χ1n) is 30.7. The molecule has 45 nitrogen and oxygen atoms in total. The Morgan fingerprint density at radius 2 is 0.549 bits per heavy atom. The van der Waals surface area contributed by atoms with E-state index in [1.165, 1.54) is 51.4 Å². The molecule has 5 fully saturated rings. The first-order valence-corrected chi connectivity index (χ1v) is 38.7. The highest BCUT2D eigenvalue weighted by Crippen LogP contribution is 2.41. The SMILES string of the molecule is CCCCCC.CCCCCC.CO[C@@H]1[C@@H](OC)[C@H](O[C@H]2[C@H](OS(=O)(=O)[O-])[C@@H](OS(=O)(=O)[O-])[C@@H](O[C@H]3[C@H](OC)[C@@H](OC)[C@H](O[C@H]4[C@H](OC)[C@@H](OS(=O)(=O)[O-])[C@@H](C)O[C@@H]4COS(=O)(=O)[O-])O[C@H]3C(=O)[O-])O[C@@H]2COS(=O)(=O)[O-])O[C@H](C(=O)[O-])[C@H]1O[C@H]1O[C@H](COS(=O)(=O)[O-])[C@@H](OC)[C@H](OC)[C@H]1OC. The van der Waals surface area contributed by atoms with Crippen LogP contribution in [0.15, 0.2) is 0 Å². The van der Waals surface area contributed by atoms with Crippen LogP contribution in [0.2, 0.25) is 0 Å². The number of hydrogen-bond acceptors (Lipinski definition) is 45. The van der Waals surface area contributed by atoms with Gasteiger partial charge < -0.3 is 128 Å². The minimum atomic E-state index is -6.44. The third-order valence-corrected chi connectivity index (χ3v) is 18.2. The van der Waals surface area contributed by atoms with Gasteiger partial charge in [0.1, 0.15) is 116 Å². The lowest BCUT2D eigenvalue weighted by Crippen LogP contribution is -2.70. The van der Waals surface area contributed by atoms with E-state index in [1.807, 2.05) is 0 Å². The molecule has 0 aromatic rings. The largest absolute Gasteiger partial charge is 0.726 e. The van der Waals surface area contributed by atoms with E-state index in [-0.39, 0.29) is 0 Å². The van der Waals surface area contributed by atoms with E-state index in [4.69, 9.17) is 80.5 Å². The maximum absolute atomic E-state index is 13.1. The number of carboxylic acid groups (broad SMARTS) is 2. The van der Waals surface area contributed by atoms with Gasteiger partial charge in [0, 0.05) is 56.9 Å². The summed E-state index contributed by atoms with van der Waals surface area (Å²) in [7, 11) is -28.1. The van der Waals surface area contributed by atoms with Crippen LogP contribution in [0, 0.1) is 0 Å². The van der Waals surface area contributed by atoms with Crippen LogP contribution in [0.3, 0.4) is 0 Å². The molecular formula is C51H86O45S6-8. The van der Waals surface area contributed by atoms with E-state index in [0.29, 0.717) is 0 Å². The molecule has 0 spiro atoms. The van der Waals surface area contributed by atoms with Crippen LogP contribution in [-0.2, 0) is 178 Å². The van der Waals surface area contributed by atoms with Gasteiger partial charge in [-0.3, -0.25) is 25.1 Å². The molecule has 5 heterocycles.